The summed E-state index contributed by atoms with van der Waals surface area (Å²) in [7, 11) is 1.60. The Morgan fingerprint density at radius 3 is 2.67 bits per heavy atom. The number of ketones is 1. The molecule has 1 aliphatic heterocycles. The Bertz CT molecular complexity index is 378. The van der Waals surface area contributed by atoms with Crippen molar-refractivity contribution in [1.82, 2.24) is 0 Å². The van der Waals surface area contributed by atoms with Crippen molar-refractivity contribution < 1.29 is 14.3 Å². The van der Waals surface area contributed by atoms with E-state index in [1.165, 1.54) is 0 Å². The summed E-state index contributed by atoms with van der Waals surface area (Å²) in [6.45, 7) is 0.449. The second-order valence-electron chi connectivity index (χ2n) is 3.36. The van der Waals surface area contributed by atoms with E-state index in [1.807, 2.05) is 0 Å². The fourth-order valence-corrected chi connectivity index (χ4v) is 1.50. The van der Waals surface area contributed by atoms with E-state index >= 15 is 0 Å². The maximum atomic E-state index is 11.9. The van der Waals surface area contributed by atoms with Crippen LogP contribution in [0.2, 0.25) is 0 Å². The molecule has 0 radical (unpaired) electrons. The average Bonchev–Trinajstić information content (AvgIpc) is 2.82. The number of methoxy groups -OCH3 is 1. The van der Waals surface area contributed by atoms with Crippen LogP contribution in [-0.4, -0.2) is 19.5 Å². The van der Waals surface area contributed by atoms with E-state index in [-0.39, 0.29) is 11.7 Å². The van der Waals surface area contributed by atoms with Gasteiger partial charge in [-0.1, -0.05) is 0 Å². The van der Waals surface area contributed by atoms with Gasteiger partial charge in [-0.15, -0.1) is 0 Å². The third kappa shape index (κ3) is 2.01. The van der Waals surface area contributed by atoms with Crippen molar-refractivity contribution in [3.8, 4) is 5.75 Å². The highest BCUT2D eigenvalue weighted by Gasteiger charge is 2.20. The van der Waals surface area contributed by atoms with Gasteiger partial charge >= 0.3 is 0 Å². The van der Waals surface area contributed by atoms with Crippen molar-refractivity contribution in [2.24, 2.45) is 5.92 Å². The second-order valence-corrected chi connectivity index (χ2v) is 3.36. The normalized spacial score (nSPS) is 18.6. The van der Waals surface area contributed by atoms with Crippen molar-refractivity contribution in [2.45, 2.75) is 0 Å². The Balaban J connectivity index is 2.14. The number of rotatable bonds is 3. The lowest BCUT2D eigenvalue weighted by molar-refractivity contribution is 0.0915. The summed E-state index contributed by atoms with van der Waals surface area (Å²) >= 11 is 0. The molecule has 1 atom stereocenters. The number of hydrogen-bond acceptors (Lipinski definition) is 3. The van der Waals surface area contributed by atoms with Gasteiger partial charge in [0.2, 0.25) is 0 Å². The van der Waals surface area contributed by atoms with Crippen LogP contribution in [0.25, 0.3) is 0 Å². The van der Waals surface area contributed by atoms with Crippen LogP contribution < -0.4 is 4.74 Å². The van der Waals surface area contributed by atoms with Gasteiger partial charge in [-0.05, 0) is 30.3 Å². The minimum absolute atomic E-state index is 0.0893. The van der Waals surface area contributed by atoms with E-state index < -0.39 is 0 Å². The minimum atomic E-state index is -0.140. The molecule has 0 aromatic heterocycles. The Morgan fingerprint density at radius 2 is 2.13 bits per heavy atom. The zero-order valence-corrected chi connectivity index (χ0v) is 8.47. The van der Waals surface area contributed by atoms with Crippen molar-refractivity contribution in [1.29, 1.82) is 0 Å². The Kier molecular flexibility index (Phi) is 2.72. The molecule has 0 fully saturated rings. The number of hydrogen-bond donors (Lipinski definition) is 0. The first-order chi connectivity index (χ1) is 7.31. The SMILES string of the molecule is COc1ccc(C(=O)C2C=COC2)cc1. The summed E-state index contributed by atoms with van der Waals surface area (Å²) in [5.41, 5.74) is 0.691. The molecule has 0 saturated heterocycles. The molecule has 78 valence electrons. The van der Waals surface area contributed by atoms with Crippen molar-refractivity contribution in [3.05, 3.63) is 42.2 Å². The monoisotopic (exact) mass is 204 g/mol. The lowest BCUT2D eigenvalue weighted by atomic mass is 9.99. The number of carbonyl (C=O) groups excluding carboxylic acids is 1. The smallest absolute Gasteiger partial charge is 0.173 e. The van der Waals surface area contributed by atoms with Crippen LogP contribution in [0.1, 0.15) is 10.4 Å². The zero-order valence-electron chi connectivity index (χ0n) is 8.47. The number of Topliss-reactive ketones (excluding diaryl/α,β-unsaturated/α-hetero) is 1. The van der Waals surface area contributed by atoms with Gasteiger partial charge in [0.05, 0.1) is 19.3 Å². The molecule has 1 aromatic rings. The standard InChI is InChI=1S/C12H12O3/c1-14-11-4-2-9(3-5-11)12(13)10-6-7-15-8-10/h2-7,10H,8H2,1H3. The van der Waals surface area contributed by atoms with E-state index in [4.69, 9.17) is 9.47 Å². The van der Waals surface area contributed by atoms with E-state index in [9.17, 15) is 4.79 Å². The largest absolute Gasteiger partial charge is 0.500 e. The Hall–Kier alpha value is -1.77. The maximum absolute atomic E-state index is 11.9. The van der Waals surface area contributed by atoms with E-state index in [0.717, 1.165) is 5.75 Å². The lowest BCUT2D eigenvalue weighted by Gasteiger charge is -2.06. The molecular weight excluding hydrogens is 192 g/mol. The van der Waals surface area contributed by atoms with Crippen LogP contribution in [0, 0.1) is 5.92 Å². The van der Waals surface area contributed by atoms with Gasteiger partial charge < -0.3 is 9.47 Å². The van der Waals surface area contributed by atoms with Crippen molar-refractivity contribution in [3.63, 3.8) is 0 Å². The number of ether oxygens (including phenoxy) is 2. The molecule has 0 amide bonds. The van der Waals surface area contributed by atoms with Gasteiger partial charge in [0.1, 0.15) is 12.4 Å². The number of carbonyl (C=O) groups is 1. The van der Waals surface area contributed by atoms with Crippen LogP contribution in [0.15, 0.2) is 36.6 Å². The van der Waals surface area contributed by atoms with Crippen molar-refractivity contribution >= 4 is 5.78 Å². The fraction of sp³-hybridized carbons (Fsp3) is 0.250. The fourth-order valence-electron chi connectivity index (χ4n) is 1.50. The molecule has 1 heterocycles. The first kappa shape index (κ1) is 9.77. The molecule has 15 heavy (non-hydrogen) atoms. The lowest BCUT2D eigenvalue weighted by Crippen LogP contribution is -2.13. The third-order valence-electron chi connectivity index (χ3n) is 2.39. The molecule has 0 saturated carbocycles. The first-order valence-corrected chi connectivity index (χ1v) is 4.78. The molecule has 1 aliphatic rings. The highest BCUT2D eigenvalue weighted by molar-refractivity contribution is 5.99. The Labute approximate surface area is 88.3 Å². The highest BCUT2D eigenvalue weighted by atomic mass is 16.5. The summed E-state index contributed by atoms with van der Waals surface area (Å²) in [4.78, 5) is 11.9. The van der Waals surface area contributed by atoms with Gasteiger partial charge in [-0.2, -0.15) is 0 Å². The second kappa shape index (κ2) is 4.17. The predicted octanol–water partition coefficient (Wildman–Crippen LogP) is 2.04. The molecule has 1 unspecified atom stereocenters. The van der Waals surface area contributed by atoms with Gasteiger partial charge in [0.15, 0.2) is 5.78 Å². The van der Waals surface area contributed by atoms with Crippen LogP contribution in [0.4, 0.5) is 0 Å². The molecule has 0 aliphatic carbocycles. The molecular formula is C12H12O3. The molecule has 0 bridgehead atoms. The quantitative estimate of drug-likeness (QED) is 0.707. The molecule has 2 rings (SSSR count). The van der Waals surface area contributed by atoms with Crippen LogP contribution in [0.3, 0.4) is 0 Å². The van der Waals surface area contributed by atoms with Crippen LogP contribution in [0.5, 0.6) is 5.75 Å². The minimum Gasteiger partial charge on any atom is -0.500 e. The van der Waals surface area contributed by atoms with E-state index in [0.29, 0.717) is 12.2 Å². The van der Waals surface area contributed by atoms with Gasteiger partial charge in [-0.25, -0.2) is 0 Å². The van der Waals surface area contributed by atoms with Gasteiger partial charge in [0, 0.05) is 5.56 Å². The van der Waals surface area contributed by atoms with E-state index in [2.05, 4.69) is 0 Å². The zero-order chi connectivity index (χ0) is 10.7. The summed E-state index contributed by atoms with van der Waals surface area (Å²) in [6, 6.07) is 7.11. The summed E-state index contributed by atoms with van der Waals surface area (Å²) in [5.74, 6) is 0.703. The highest BCUT2D eigenvalue weighted by Crippen LogP contribution is 2.18. The summed E-state index contributed by atoms with van der Waals surface area (Å²) < 4.78 is 10.0. The average molecular weight is 204 g/mol. The van der Waals surface area contributed by atoms with E-state index in [1.54, 1.807) is 43.7 Å². The topological polar surface area (TPSA) is 35.5 Å². The number of benzene rings is 1. The maximum Gasteiger partial charge on any atom is 0.173 e. The third-order valence-corrected chi connectivity index (χ3v) is 2.39. The molecule has 3 nitrogen and oxygen atoms in total. The van der Waals surface area contributed by atoms with Gasteiger partial charge in [-0.3, -0.25) is 4.79 Å². The Morgan fingerprint density at radius 1 is 1.40 bits per heavy atom. The summed E-state index contributed by atoms with van der Waals surface area (Å²) in [6.07, 6.45) is 3.36. The summed E-state index contributed by atoms with van der Waals surface area (Å²) in [5, 5.41) is 0. The van der Waals surface area contributed by atoms with Crippen LogP contribution in [-0.2, 0) is 4.74 Å². The molecule has 0 N–H and O–H groups in total. The first-order valence-electron chi connectivity index (χ1n) is 4.78. The van der Waals surface area contributed by atoms with Crippen LogP contribution >= 0.6 is 0 Å². The molecule has 1 aromatic carbocycles. The molecule has 0 spiro atoms. The predicted molar refractivity (Wildman–Crippen MR) is 55.9 cm³/mol. The van der Waals surface area contributed by atoms with Crippen molar-refractivity contribution in [2.75, 3.05) is 13.7 Å². The van der Waals surface area contributed by atoms with Gasteiger partial charge in [0.25, 0.3) is 0 Å². The molecule has 3 heteroatoms.